The van der Waals surface area contributed by atoms with E-state index in [9.17, 15) is 9.59 Å². The Morgan fingerprint density at radius 2 is 1.60 bits per heavy atom. The molecule has 1 aromatic carbocycles. The molecule has 0 saturated heterocycles. The standard InChI is InChI=1S/C8HCl3N2O2/c9-4-1-5(12-2-14)7(11)8(6(4)10)13-3-15/h1H. The van der Waals surface area contributed by atoms with Crippen LogP contribution >= 0.6 is 34.8 Å². The summed E-state index contributed by atoms with van der Waals surface area (Å²) in [5.74, 6) is 0. The van der Waals surface area contributed by atoms with E-state index >= 15 is 0 Å². The molecular weight excluding hydrogens is 262 g/mol. The summed E-state index contributed by atoms with van der Waals surface area (Å²) in [5, 5.41) is 0.00929. The molecule has 0 aliphatic heterocycles. The van der Waals surface area contributed by atoms with E-state index in [2.05, 4.69) is 9.98 Å². The van der Waals surface area contributed by atoms with Crippen LogP contribution < -0.4 is 0 Å². The molecule has 0 N–H and O–H groups in total. The Bertz CT molecular complexity index is 503. The Hall–Kier alpha value is -1.15. The molecule has 4 nitrogen and oxygen atoms in total. The monoisotopic (exact) mass is 262 g/mol. The van der Waals surface area contributed by atoms with Crippen molar-refractivity contribution in [2.24, 2.45) is 9.98 Å². The van der Waals surface area contributed by atoms with Crippen molar-refractivity contribution in [1.29, 1.82) is 0 Å². The van der Waals surface area contributed by atoms with Crippen LogP contribution in [0.2, 0.25) is 15.1 Å². The van der Waals surface area contributed by atoms with Gasteiger partial charge in [-0.1, -0.05) is 34.8 Å². The zero-order valence-corrected chi connectivity index (χ0v) is 9.19. The average Bonchev–Trinajstić information content (AvgIpc) is 2.21. The van der Waals surface area contributed by atoms with Gasteiger partial charge in [0.1, 0.15) is 5.69 Å². The van der Waals surface area contributed by atoms with E-state index in [4.69, 9.17) is 34.8 Å². The molecular formula is C8HCl3N2O2. The summed E-state index contributed by atoms with van der Waals surface area (Å²) in [6.07, 6.45) is 2.56. The minimum Gasteiger partial charge on any atom is -0.211 e. The Labute approximate surface area is 99.2 Å². The lowest BCUT2D eigenvalue weighted by Crippen LogP contribution is -1.76. The number of hydrogen-bond donors (Lipinski definition) is 0. The summed E-state index contributed by atoms with van der Waals surface area (Å²) >= 11 is 17.2. The van der Waals surface area contributed by atoms with Crippen LogP contribution in [0, 0.1) is 0 Å². The molecule has 0 heterocycles. The van der Waals surface area contributed by atoms with Crippen molar-refractivity contribution in [1.82, 2.24) is 0 Å². The molecule has 0 radical (unpaired) electrons. The first kappa shape index (κ1) is 11.9. The van der Waals surface area contributed by atoms with Crippen LogP contribution in [0.4, 0.5) is 11.4 Å². The summed E-state index contributed by atoms with van der Waals surface area (Å²) in [4.78, 5) is 26.7. The first-order chi connectivity index (χ1) is 7.11. The maximum Gasteiger partial charge on any atom is 0.240 e. The van der Waals surface area contributed by atoms with E-state index in [0.29, 0.717) is 0 Å². The third-order valence-corrected chi connectivity index (χ3v) is 2.59. The first-order valence-corrected chi connectivity index (χ1v) is 4.58. The van der Waals surface area contributed by atoms with Crippen molar-refractivity contribution < 1.29 is 9.59 Å². The molecule has 0 aromatic heterocycles. The number of carbonyl (C=O) groups excluding carboxylic acids is 2. The van der Waals surface area contributed by atoms with Gasteiger partial charge in [-0.25, -0.2) is 9.59 Å². The van der Waals surface area contributed by atoms with Crippen molar-refractivity contribution in [2.75, 3.05) is 0 Å². The lowest BCUT2D eigenvalue weighted by molar-refractivity contribution is 0.565. The van der Waals surface area contributed by atoms with E-state index < -0.39 is 0 Å². The lowest BCUT2D eigenvalue weighted by atomic mass is 10.3. The number of isocyanates is 2. The molecule has 0 saturated carbocycles. The highest BCUT2D eigenvalue weighted by atomic mass is 35.5. The summed E-state index contributed by atoms with van der Waals surface area (Å²) in [7, 11) is 0. The predicted octanol–water partition coefficient (Wildman–Crippen LogP) is 3.58. The van der Waals surface area contributed by atoms with Gasteiger partial charge in [0.25, 0.3) is 0 Å². The summed E-state index contributed by atoms with van der Waals surface area (Å²) in [6.45, 7) is 0. The van der Waals surface area contributed by atoms with Crippen LogP contribution in [0.25, 0.3) is 0 Å². The predicted molar refractivity (Wildman–Crippen MR) is 57.0 cm³/mol. The van der Waals surface area contributed by atoms with Gasteiger partial charge in [-0.05, 0) is 6.07 Å². The molecule has 0 atom stereocenters. The Kier molecular flexibility index (Phi) is 4.04. The average molecular weight is 263 g/mol. The second-order valence-electron chi connectivity index (χ2n) is 2.26. The molecule has 0 fully saturated rings. The number of nitrogens with zero attached hydrogens (tertiary/aromatic N) is 2. The topological polar surface area (TPSA) is 58.9 Å². The quantitative estimate of drug-likeness (QED) is 0.465. The van der Waals surface area contributed by atoms with Crippen molar-refractivity contribution in [3.05, 3.63) is 21.1 Å². The van der Waals surface area contributed by atoms with E-state index in [1.54, 1.807) is 0 Å². The van der Waals surface area contributed by atoms with Crippen LogP contribution in [0.3, 0.4) is 0 Å². The maximum absolute atomic E-state index is 10.1. The molecule has 0 unspecified atom stereocenters. The fraction of sp³-hybridized carbons (Fsp3) is 0. The van der Waals surface area contributed by atoms with Gasteiger partial charge >= 0.3 is 0 Å². The van der Waals surface area contributed by atoms with E-state index in [0.717, 1.165) is 0 Å². The Morgan fingerprint density at radius 1 is 1.00 bits per heavy atom. The highest BCUT2D eigenvalue weighted by Gasteiger charge is 2.14. The molecule has 0 bridgehead atoms. The van der Waals surface area contributed by atoms with Gasteiger partial charge in [0.05, 0.1) is 20.8 Å². The van der Waals surface area contributed by atoms with Crippen LogP contribution in [0.15, 0.2) is 16.1 Å². The van der Waals surface area contributed by atoms with Gasteiger partial charge in [0, 0.05) is 0 Å². The number of rotatable bonds is 2. The van der Waals surface area contributed by atoms with Gasteiger partial charge in [0.15, 0.2) is 0 Å². The molecule has 15 heavy (non-hydrogen) atoms. The van der Waals surface area contributed by atoms with Gasteiger partial charge < -0.3 is 0 Å². The highest BCUT2D eigenvalue weighted by Crippen LogP contribution is 2.43. The number of aliphatic imine (C=N–C) groups is 2. The molecule has 7 heteroatoms. The molecule has 0 aliphatic rings. The van der Waals surface area contributed by atoms with Crippen LogP contribution in [0.5, 0.6) is 0 Å². The van der Waals surface area contributed by atoms with Crippen molar-refractivity contribution in [3.63, 3.8) is 0 Å². The smallest absolute Gasteiger partial charge is 0.211 e. The highest BCUT2D eigenvalue weighted by molar-refractivity contribution is 6.46. The molecule has 0 spiro atoms. The molecule has 76 valence electrons. The summed E-state index contributed by atoms with van der Waals surface area (Å²) < 4.78 is 0. The normalized spacial score (nSPS) is 9.00. The first-order valence-electron chi connectivity index (χ1n) is 3.45. The van der Waals surface area contributed by atoms with Crippen molar-refractivity contribution >= 4 is 58.3 Å². The molecule has 1 rings (SSSR count). The van der Waals surface area contributed by atoms with Crippen molar-refractivity contribution in [3.8, 4) is 0 Å². The minimum atomic E-state index is -0.0742. The molecule has 0 amide bonds. The summed E-state index contributed by atoms with van der Waals surface area (Å²) in [6, 6.07) is 1.26. The van der Waals surface area contributed by atoms with Crippen LogP contribution in [-0.2, 0) is 9.59 Å². The largest absolute Gasteiger partial charge is 0.240 e. The second kappa shape index (κ2) is 5.08. The maximum atomic E-state index is 10.1. The zero-order valence-electron chi connectivity index (χ0n) is 6.92. The third-order valence-electron chi connectivity index (χ3n) is 1.44. The SMILES string of the molecule is O=C=Nc1cc(Cl)c(Cl)c(N=C=O)c1Cl. The number of halogens is 3. The van der Waals surface area contributed by atoms with Gasteiger partial charge in [0.2, 0.25) is 12.2 Å². The van der Waals surface area contributed by atoms with Crippen LogP contribution in [-0.4, -0.2) is 12.2 Å². The van der Waals surface area contributed by atoms with Gasteiger partial charge in [-0.2, -0.15) is 9.98 Å². The van der Waals surface area contributed by atoms with Gasteiger partial charge in [-0.15, -0.1) is 0 Å². The molecule has 0 aliphatic carbocycles. The molecule has 1 aromatic rings. The Morgan fingerprint density at radius 3 is 2.13 bits per heavy atom. The van der Waals surface area contributed by atoms with E-state index in [-0.39, 0.29) is 26.4 Å². The third kappa shape index (κ3) is 2.45. The van der Waals surface area contributed by atoms with E-state index in [1.165, 1.54) is 18.2 Å². The fourth-order valence-electron chi connectivity index (χ4n) is 0.852. The zero-order chi connectivity index (χ0) is 11.4. The van der Waals surface area contributed by atoms with E-state index in [1.807, 2.05) is 0 Å². The number of hydrogen-bond acceptors (Lipinski definition) is 4. The minimum absolute atomic E-state index is 0.00475. The summed E-state index contributed by atoms with van der Waals surface area (Å²) in [5.41, 5.74) is -0.0371. The Balaban J connectivity index is 3.62. The lowest BCUT2D eigenvalue weighted by Gasteiger charge is -2.03. The van der Waals surface area contributed by atoms with Crippen LogP contribution in [0.1, 0.15) is 0 Å². The van der Waals surface area contributed by atoms with Gasteiger partial charge in [-0.3, -0.25) is 0 Å². The number of benzene rings is 1. The van der Waals surface area contributed by atoms with Crippen molar-refractivity contribution in [2.45, 2.75) is 0 Å². The fourth-order valence-corrected chi connectivity index (χ4v) is 1.52. The second-order valence-corrected chi connectivity index (χ2v) is 3.42.